The maximum Gasteiger partial charge on any atom is 0.245 e. The number of nitrogens with zero attached hydrogens (tertiary/aromatic N) is 3. The smallest absolute Gasteiger partial charge is 0.245 e. The SMILES string of the molecule is C=CC(=O)N(C)CCOc1cnccc1-c1[nH]c2cccnc2c1-c1cccc(C(C)C)c1. The van der Waals surface area contributed by atoms with Gasteiger partial charge < -0.3 is 14.6 Å². The number of amides is 1. The van der Waals surface area contributed by atoms with Crippen LogP contribution in [0.5, 0.6) is 5.75 Å². The van der Waals surface area contributed by atoms with Gasteiger partial charge in [-0.05, 0) is 41.3 Å². The predicted octanol–water partition coefficient (Wildman–Crippen LogP) is 5.44. The van der Waals surface area contributed by atoms with E-state index >= 15 is 0 Å². The molecule has 0 aliphatic carbocycles. The Morgan fingerprint density at radius 3 is 2.85 bits per heavy atom. The second kappa shape index (κ2) is 9.69. The number of hydrogen-bond donors (Lipinski definition) is 1. The zero-order chi connectivity index (χ0) is 23.4. The van der Waals surface area contributed by atoms with Crippen LogP contribution in [0.1, 0.15) is 25.3 Å². The third-order valence-corrected chi connectivity index (χ3v) is 5.69. The van der Waals surface area contributed by atoms with E-state index in [0.717, 1.165) is 33.4 Å². The molecular weight excluding hydrogens is 412 g/mol. The molecule has 3 aromatic heterocycles. The molecule has 0 bridgehead atoms. The van der Waals surface area contributed by atoms with E-state index in [9.17, 15) is 4.79 Å². The lowest BCUT2D eigenvalue weighted by Gasteiger charge is -2.17. The van der Waals surface area contributed by atoms with Gasteiger partial charge in [-0.25, -0.2) is 0 Å². The number of aromatic amines is 1. The molecule has 6 heteroatoms. The molecule has 1 N–H and O–H groups in total. The van der Waals surface area contributed by atoms with Crippen LogP contribution < -0.4 is 4.74 Å². The average molecular weight is 441 g/mol. The maximum absolute atomic E-state index is 11.7. The zero-order valence-corrected chi connectivity index (χ0v) is 19.2. The monoisotopic (exact) mass is 440 g/mol. The summed E-state index contributed by atoms with van der Waals surface area (Å²) in [5.74, 6) is 0.922. The number of H-pyrrole nitrogens is 1. The molecule has 0 spiro atoms. The molecule has 3 heterocycles. The van der Waals surface area contributed by atoms with E-state index in [0.29, 0.717) is 24.8 Å². The highest BCUT2D eigenvalue weighted by Gasteiger charge is 2.20. The van der Waals surface area contributed by atoms with Crippen molar-refractivity contribution in [2.24, 2.45) is 0 Å². The first-order chi connectivity index (χ1) is 16.0. The molecular formula is C27H28N4O2. The number of ether oxygens (including phenoxy) is 1. The van der Waals surface area contributed by atoms with Crippen molar-refractivity contribution in [1.29, 1.82) is 0 Å². The molecule has 0 saturated carbocycles. The van der Waals surface area contributed by atoms with Crippen LogP contribution in [0.4, 0.5) is 0 Å². The summed E-state index contributed by atoms with van der Waals surface area (Å²) in [6.45, 7) is 8.69. The summed E-state index contributed by atoms with van der Waals surface area (Å²) in [5.41, 5.74) is 7.08. The number of benzene rings is 1. The molecule has 33 heavy (non-hydrogen) atoms. The van der Waals surface area contributed by atoms with E-state index in [2.05, 4.69) is 59.6 Å². The lowest BCUT2D eigenvalue weighted by Crippen LogP contribution is -2.29. The molecule has 0 fully saturated rings. The first-order valence-corrected chi connectivity index (χ1v) is 11.0. The summed E-state index contributed by atoms with van der Waals surface area (Å²) in [5, 5.41) is 0. The second-order valence-corrected chi connectivity index (χ2v) is 8.24. The molecule has 168 valence electrons. The molecule has 0 unspecified atom stereocenters. The minimum absolute atomic E-state index is 0.140. The lowest BCUT2D eigenvalue weighted by molar-refractivity contribution is -0.125. The number of nitrogens with one attached hydrogen (secondary N) is 1. The highest BCUT2D eigenvalue weighted by atomic mass is 16.5. The van der Waals surface area contributed by atoms with Crippen LogP contribution in [0.25, 0.3) is 33.4 Å². The Bertz CT molecular complexity index is 1290. The third kappa shape index (κ3) is 4.65. The van der Waals surface area contributed by atoms with Gasteiger partial charge in [0.1, 0.15) is 12.4 Å². The fourth-order valence-corrected chi connectivity index (χ4v) is 3.82. The van der Waals surface area contributed by atoms with Crippen molar-refractivity contribution in [1.82, 2.24) is 19.9 Å². The fraction of sp³-hybridized carbons (Fsp3) is 0.222. The molecule has 1 aromatic carbocycles. The molecule has 0 saturated heterocycles. The summed E-state index contributed by atoms with van der Waals surface area (Å²) >= 11 is 0. The maximum atomic E-state index is 11.7. The number of carbonyl (C=O) groups excluding carboxylic acids is 1. The van der Waals surface area contributed by atoms with Gasteiger partial charge in [-0.3, -0.25) is 14.8 Å². The fourth-order valence-electron chi connectivity index (χ4n) is 3.82. The Kier molecular flexibility index (Phi) is 6.54. The van der Waals surface area contributed by atoms with Crippen LogP contribution in [-0.2, 0) is 4.79 Å². The number of hydrogen-bond acceptors (Lipinski definition) is 4. The largest absolute Gasteiger partial charge is 0.489 e. The van der Waals surface area contributed by atoms with E-state index in [1.54, 1.807) is 24.3 Å². The summed E-state index contributed by atoms with van der Waals surface area (Å²) in [7, 11) is 1.72. The molecule has 0 radical (unpaired) electrons. The number of likely N-dealkylation sites (N-methyl/N-ethyl adjacent to an activating group) is 1. The minimum Gasteiger partial charge on any atom is -0.489 e. The summed E-state index contributed by atoms with van der Waals surface area (Å²) in [4.78, 5) is 25.8. The predicted molar refractivity (Wildman–Crippen MR) is 132 cm³/mol. The van der Waals surface area contributed by atoms with Crippen LogP contribution in [0, 0.1) is 0 Å². The van der Waals surface area contributed by atoms with Crippen molar-refractivity contribution < 1.29 is 9.53 Å². The zero-order valence-electron chi connectivity index (χ0n) is 19.2. The number of rotatable bonds is 8. The van der Waals surface area contributed by atoms with Gasteiger partial charge in [-0.2, -0.15) is 0 Å². The van der Waals surface area contributed by atoms with Crippen LogP contribution in [0.15, 0.2) is 73.7 Å². The number of pyridine rings is 2. The van der Waals surface area contributed by atoms with E-state index in [-0.39, 0.29) is 5.91 Å². The quantitative estimate of drug-likeness (QED) is 0.371. The van der Waals surface area contributed by atoms with Crippen LogP contribution >= 0.6 is 0 Å². The van der Waals surface area contributed by atoms with Gasteiger partial charge in [0, 0.05) is 30.6 Å². The summed E-state index contributed by atoms with van der Waals surface area (Å²) in [6.07, 6.45) is 6.57. The molecule has 0 atom stereocenters. The number of aromatic nitrogens is 3. The number of carbonyl (C=O) groups is 1. The molecule has 1 amide bonds. The van der Waals surface area contributed by atoms with E-state index in [4.69, 9.17) is 4.74 Å². The van der Waals surface area contributed by atoms with Gasteiger partial charge in [0.15, 0.2) is 0 Å². The Hall–Kier alpha value is -3.93. The first-order valence-electron chi connectivity index (χ1n) is 11.0. The van der Waals surface area contributed by atoms with Crippen molar-refractivity contribution in [2.75, 3.05) is 20.2 Å². The normalized spacial score (nSPS) is 11.0. The van der Waals surface area contributed by atoms with E-state index in [1.807, 2.05) is 24.4 Å². The molecule has 6 nitrogen and oxygen atoms in total. The van der Waals surface area contributed by atoms with Gasteiger partial charge in [0.05, 0.1) is 29.5 Å². The third-order valence-electron chi connectivity index (χ3n) is 5.69. The standard InChI is InChI=1S/C27H28N4O2/c1-5-24(32)31(4)14-15-33-23-17-28-13-11-21(23)26-25(27-22(30-26)10-7-12-29-27)20-9-6-8-19(16-20)18(2)3/h5-13,16-18,30H,1,14-15H2,2-4H3. The minimum atomic E-state index is -0.140. The van der Waals surface area contributed by atoms with Gasteiger partial charge in [0.25, 0.3) is 0 Å². The van der Waals surface area contributed by atoms with Crippen LogP contribution in [0.2, 0.25) is 0 Å². The van der Waals surface area contributed by atoms with Crippen molar-refractivity contribution >= 4 is 16.9 Å². The highest BCUT2D eigenvalue weighted by molar-refractivity contribution is 6.02. The average Bonchev–Trinajstić information content (AvgIpc) is 3.23. The molecule has 4 aromatic rings. The second-order valence-electron chi connectivity index (χ2n) is 8.24. The van der Waals surface area contributed by atoms with Gasteiger partial charge in [-0.15, -0.1) is 0 Å². The Labute approximate surface area is 194 Å². The van der Waals surface area contributed by atoms with Crippen LogP contribution in [0.3, 0.4) is 0 Å². The van der Waals surface area contributed by atoms with Crippen molar-refractivity contribution in [2.45, 2.75) is 19.8 Å². The Balaban J connectivity index is 1.77. The van der Waals surface area contributed by atoms with Gasteiger partial charge in [0.2, 0.25) is 5.91 Å². The molecule has 4 rings (SSSR count). The van der Waals surface area contributed by atoms with Crippen molar-refractivity contribution in [3.05, 3.63) is 79.3 Å². The summed E-state index contributed by atoms with van der Waals surface area (Å²) < 4.78 is 6.07. The van der Waals surface area contributed by atoms with Crippen molar-refractivity contribution in [3.8, 4) is 28.1 Å². The van der Waals surface area contributed by atoms with Crippen molar-refractivity contribution in [3.63, 3.8) is 0 Å². The van der Waals surface area contributed by atoms with Gasteiger partial charge >= 0.3 is 0 Å². The number of fused-ring (bicyclic) bond motifs is 1. The first kappa shape index (κ1) is 22.3. The summed E-state index contributed by atoms with van der Waals surface area (Å²) in [6, 6.07) is 14.5. The van der Waals surface area contributed by atoms with E-state index < -0.39 is 0 Å². The molecule has 0 aliphatic rings. The van der Waals surface area contributed by atoms with Crippen LogP contribution in [-0.4, -0.2) is 46.0 Å². The van der Waals surface area contributed by atoms with E-state index in [1.165, 1.54) is 11.6 Å². The molecule has 0 aliphatic heterocycles. The highest BCUT2D eigenvalue weighted by Crippen LogP contribution is 2.41. The Morgan fingerprint density at radius 2 is 2.06 bits per heavy atom. The topological polar surface area (TPSA) is 71.1 Å². The van der Waals surface area contributed by atoms with Gasteiger partial charge in [-0.1, -0.05) is 44.7 Å². The Morgan fingerprint density at radius 1 is 1.21 bits per heavy atom. The lowest BCUT2D eigenvalue weighted by atomic mass is 9.95.